The van der Waals surface area contributed by atoms with E-state index in [4.69, 9.17) is 45.8 Å². The molecule has 8 atom stereocenters. The number of fused-ring (bicyclic) bond motifs is 1. The molecular weight excluding hydrogens is 794 g/mol. The van der Waals surface area contributed by atoms with Crippen molar-refractivity contribution >= 4 is 28.3 Å². The van der Waals surface area contributed by atoms with Gasteiger partial charge in [0.05, 0.1) is 31.0 Å². The van der Waals surface area contributed by atoms with Crippen LogP contribution >= 0.6 is 0 Å². The second-order valence-corrected chi connectivity index (χ2v) is 15.1. The number of nitrogens with one attached hydrogen (secondary N) is 4. The Bertz CT molecular complexity index is 1880. The lowest BCUT2D eigenvalue weighted by atomic mass is 9.94. The molecule has 1 fully saturated rings. The molecule has 3 aromatic carbocycles. The van der Waals surface area contributed by atoms with Crippen LogP contribution in [0, 0.1) is 5.92 Å². The third-order valence-corrected chi connectivity index (χ3v) is 10.3. The molecule has 0 unspecified atom stereocenters. The van der Waals surface area contributed by atoms with Crippen molar-refractivity contribution in [2.75, 3.05) is 45.7 Å². The number of carboxylic acid groups (broad SMARTS) is 1. The van der Waals surface area contributed by atoms with Gasteiger partial charge in [-0.05, 0) is 61.5 Å². The maximum Gasteiger partial charge on any atom is 0.335 e. The molecule has 0 radical (unpaired) electrons. The van der Waals surface area contributed by atoms with Gasteiger partial charge < -0.3 is 77.1 Å². The average molecular weight is 858 g/mol. The van der Waals surface area contributed by atoms with Crippen LogP contribution in [0.3, 0.4) is 0 Å². The Labute approximate surface area is 354 Å². The van der Waals surface area contributed by atoms with Crippen molar-refractivity contribution in [3.8, 4) is 11.4 Å². The average Bonchev–Trinajstić information content (AvgIpc) is 3.52. The van der Waals surface area contributed by atoms with Crippen LogP contribution in [-0.2, 0) is 6.42 Å². The van der Waals surface area contributed by atoms with Crippen LogP contribution in [-0.4, -0.2) is 167 Å². The van der Waals surface area contributed by atoms with E-state index in [-0.39, 0.29) is 24.6 Å². The van der Waals surface area contributed by atoms with E-state index in [0.717, 1.165) is 41.3 Å². The molecule has 15 N–H and O–H groups in total. The van der Waals surface area contributed by atoms with Gasteiger partial charge >= 0.3 is 5.97 Å². The minimum absolute atomic E-state index is 0.0936. The summed E-state index contributed by atoms with van der Waals surface area (Å²) in [5, 5.41) is 109. The van der Waals surface area contributed by atoms with Crippen LogP contribution in [0.1, 0.15) is 65.1 Å². The number of anilines is 1. The predicted octanol–water partition coefficient (Wildman–Crippen LogP) is -0.0233. The summed E-state index contributed by atoms with van der Waals surface area (Å²) in [6.45, 7) is -1.14. The Morgan fingerprint density at radius 3 is 1.75 bits per heavy atom. The molecule has 338 valence electrons. The molecule has 0 spiro atoms. The third kappa shape index (κ3) is 15.8. The molecule has 1 aromatic heterocycles. The molecule has 1 aliphatic rings. The number of aromatic amines is 1. The van der Waals surface area contributed by atoms with Gasteiger partial charge in [0.25, 0.3) is 5.91 Å². The fourth-order valence-electron chi connectivity index (χ4n) is 6.78. The number of hydrogen-bond acceptors (Lipinski definition) is 15. The summed E-state index contributed by atoms with van der Waals surface area (Å²) in [5.74, 6) is -0.180. The lowest BCUT2D eigenvalue weighted by Crippen LogP contribution is -2.48. The lowest BCUT2D eigenvalue weighted by Gasteiger charge is -2.25. The van der Waals surface area contributed by atoms with E-state index in [0.29, 0.717) is 23.1 Å². The SMILES string of the molecule is CNC[C@H](O)[C@@H](O)[C@H](O)[C@H](O)CO.CNC[C@H](O)[C@@H](O)[C@H](O)[C@H](O)CO.O=C(O)c1cccc(NC(=O)c2nc(-c3ccc4ccccc4c3)[nH]c2CC2CCCCCC2)c1. The molecule has 61 heavy (non-hydrogen) atoms. The van der Waals surface area contributed by atoms with Gasteiger partial charge in [0.2, 0.25) is 0 Å². The molecule has 1 saturated carbocycles. The van der Waals surface area contributed by atoms with Crippen molar-refractivity contribution in [3.05, 3.63) is 83.7 Å². The maximum atomic E-state index is 13.3. The number of aromatic carboxylic acids is 1. The minimum Gasteiger partial charge on any atom is -0.478 e. The Hall–Kier alpha value is -4.41. The summed E-state index contributed by atoms with van der Waals surface area (Å²) in [6, 6.07) is 20.6. The van der Waals surface area contributed by atoms with Crippen LogP contribution in [0.4, 0.5) is 5.69 Å². The molecule has 0 saturated heterocycles. The maximum absolute atomic E-state index is 13.3. The predicted molar refractivity (Wildman–Crippen MR) is 228 cm³/mol. The fourth-order valence-corrected chi connectivity index (χ4v) is 6.78. The number of benzene rings is 3. The van der Waals surface area contributed by atoms with Crippen LogP contribution in [0.2, 0.25) is 0 Å². The summed E-state index contributed by atoms with van der Waals surface area (Å²) in [5.41, 5.74) is 2.70. The number of carbonyl (C=O) groups excluding carboxylic acids is 1. The Kier molecular flexibility index (Phi) is 21.8. The number of imidazole rings is 1. The van der Waals surface area contributed by atoms with Gasteiger partial charge in [0.15, 0.2) is 0 Å². The molecule has 1 heterocycles. The standard InChI is InChI=1S/C29H29N3O3.2C7H17NO5/c33-28(30-24-13-7-12-23(18-24)29(34)35)26-25(16-19-8-3-1-2-4-9-19)31-27(32-26)22-15-14-20-10-5-6-11-21(20)17-22;2*1-8-2-4(10)6(12)7(13)5(11)3-9/h5-7,10-15,17-19H,1-4,8-9,16H2,(H,30,33)(H,31,32)(H,34,35);2*4-13H,2-3H2,1H3/t;2*4-,5+,6+,7+/m.00/s1. The summed E-state index contributed by atoms with van der Waals surface area (Å²) in [7, 11) is 3.15. The first-order valence-electron chi connectivity index (χ1n) is 20.3. The largest absolute Gasteiger partial charge is 0.478 e. The summed E-state index contributed by atoms with van der Waals surface area (Å²) < 4.78 is 0. The van der Waals surface area contributed by atoms with Crippen molar-refractivity contribution in [2.24, 2.45) is 5.92 Å². The van der Waals surface area contributed by atoms with Gasteiger partial charge in [0.1, 0.15) is 48.1 Å². The van der Waals surface area contributed by atoms with Crippen LogP contribution in [0.15, 0.2) is 66.7 Å². The van der Waals surface area contributed by atoms with Gasteiger partial charge in [-0.1, -0.05) is 81.0 Å². The van der Waals surface area contributed by atoms with Crippen molar-refractivity contribution in [1.82, 2.24) is 20.6 Å². The number of carbonyl (C=O) groups is 2. The summed E-state index contributed by atoms with van der Waals surface area (Å²) in [4.78, 5) is 32.9. The number of likely N-dealkylation sites (N-methyl/N-ethyl adjacent to an activating group) is 2. The topological polar surface area (TPSA) is 321 Å². The number of nitrogens with zero attached hydrogens (tertiary/aromatic N) is 1. The minimum atomic E-state index is -1.55. The summed E-state index contributed by atoms with van der Waals surface area (Å²) >= 11 is 0. The van der Waals surface area contributed by atoms with E-state index >= 15 is 0 Å². The molecule has 18 nitrogen and oxygen atoms in total. The number of hydrogen-bond donors (Lipinski definition) is 15. The zero-order valence-electron chi connectivity index (χ0n) is 34.5. The number of aromatic nitrogens is 2. The first kappa shape index (κ1) is 50.9. The highest BCUT2D eigenvalue weighted by atomic mass is 16.4. The van der Waals surface area contributed by atoms with E-state index in [1.807, 2.05) is 18.2 Å². The third-order valence-electron chi connectivity index (χ3n) is 10.3. The van der Waals surface area contributed by atoms with Gasteiger partial charge in [-0.25, -0.2) is 9.78 Å². The molecule has 1 aliphatic carbocycles. The van der Waals surface area contributed by atoms with E-state index in [1.165, 1.54) is 37.8 Å². The van der Waals surface area contributed by atoms with Gasteiger partial charge in [-0.3, -0.25) is 4.79 Å². The monoisotopic (exact) mass is 857 g/mol. The van der Waals surface area contributed by atoms with E-state index in [9.17, 15) is 24.9 Å². The number of amides is 1. The number of aliphatic hydroxyl groups is 10. The zero-order chi connectivity index (χ0) is 45.1. The number of rotatable bonds is 18. The number of carboxylic acids is 1. The van der Waals surface area contributed by atoms with Gasteiger partial charge in [-0.15, -0.1) is 0 Å². The second-order valence-electron chi connectivity index (χ2n) is 15.1. The number of H-pyrrole nitrogens is 1. The second kappa shape index (κ2) is 26.2. The summed E-state index contributed by atoms with van der Waals surface area (Å²) in [6.07, 6.45) is -3.21. The van der Waals surface area contributed by atoms with Crippen molar-refractivity contribution in [2.45, 2.75) is 93.8 Å². The Balaban J connectivity index is 0.000000315. The van der Waals surface area contributed by atoms with Crippen LogP contribution in [0.5, 0.6) is 0 Å². The Morgan fingerprint density at radius 1 is 0.689 bits per heavy atom. The van der Waals surface area contributed by atoms with Crippen molar-refractivity contribution in [3.63, 3.8) is 0 Å². The van der Waals surface area contributed by atoms with Gasteiger partial charge in [0, 0.05) is 30.0 Å². The van der Waals surface area contributed by atoms with E-state index < -0.39 is 68.0 Å². The highest BCUT2D eigenvalue weighted by Gasteiger charge is 2.30. The zero-order valence-corrected chi connectivity index (χ0v) is 34.5. The molecule has 1 amide bonds. The first-order valence-corrected chi connectivity index (χ1v) is 20.3. The highest BCUT2D eigenvalue weighted by molar-refractivity contribution is 6.04. The quantitative estimate of drug-likeness (QED) is 0.0585. The number of aliphatic hydroxyl groups excluding tert-OH is 10. The normalized spacial score (nSPS) is 17.2. The highest BCUT2D eigenvalue weighted by Crippen LogP contribution is 2.29. The molecule has 4 aromatic rings. The molecular formula is C43H63N5O13. The first-order chi connectivity index (χ1) is 29.1. The van der Waals surface area contributed by atoms with Crippen LogP contribution < -0.4 is 16.0 Å². The molecule has 5 rings (SSSR count). The Morgan fingerprint density at radius 2 is 1.23 bits per heavy atom. The van der Waals surface area contributed by atoms with Gasteiger partial charge in [-0.2, -0.15) is 0 Å². The molecule has 18 heteroatoms. The van der Waals surface area contributed by atoms with E-state index in [1.54, 1.807) is 26.2 Å². The smallest absolute Gasteiger partial charge is 0.335 e. The fraction of sp³-hybridized carbons (Fsp3) is 0.512. The molecule has 0 aliphatic heterocycles. The van der Waals surface area contributed by atoms with Crippen LogP contribution in [0.25, 0.3) is 22.2 Å². The van der Waals surface area contributed by atoms with E-state index in [2.05, 4.69) is 45.2 Å². The van der Waals surface area contributed by atoms with Crippen molar-refractivity contribution < 1.29 is 65.8 Å². The lowest BCUT2D eigenvalue weighted by molar-refractivity contribution is -0.113. The molecule has 0 bridgehead atoms. The van der Waals surface area contributed by atoms with Crippen molar-refractivity contribution in [1.29, 1.82) is 0 Å².